The fourth-order valence-corrected chi connectivity index (χ4v) is 2.15. The van der Waals surface area contributed by atoms with Crippen molar-refractivity contribution < 1.29 is 17.6 Å². The van der Waals surface area contributed by atoms with Gasteiger partial charge in [-0.05, 0) is 25.8 Å². The molecule has 17 heavy (non-hydrogen) atoms. The first-order chi connectivity index (χ1) is 8.09. The summed E-state index contributed by atoms with van der Waals surface area (Å²) in [4.78, 5) is 0. The Morgan fingerprint density at radius 3 is 2.24 bits per heavy atom. The Kier molecular flexibility index (Phi) is 3.66. The van der Waals surface area contributed by atoms with Crippen LogP contribution in [-0.4, -0.2) is 12.6 Å². The second kappa shape index (κ2) is 5.04. The molecule has 0 spiro atoms. The van der Waals surface area contributed by atoms with Crippen LogP contribution in [0.5, 0.6) is 0 Å². The number of halogens is 4. The molecule has 1 saturated heterocycles. The lowest BCUT2D eigenvalue weighted by Crippen LogP contribution is -2.36. The number of hydrogen-bond acceptors (Lipinski definition) is 1. The van der Waals surface area contributed by atoms with Crippen LogP contribution in [0.1, 0.15) is 24.8 Å². The van der Waals surface area contributed by atoms with E-state index in [9.17, 15) is 17.6 Å². The minimum atomic E-state index is -1.34. The molecule has 94 valence electrons. The van der Waals surface area contributed by atoms with Gasteiger partial charge in [0.2, 0.25) is 0 Å². The Bertz CT molecular complexity index is 387. The van der Waals surface area contributed by atoms with Crippen molar-refractivity contribution >= 4 is 0 Å². The van der Waals surface area contributed by atoms with Crippen molar-refractivity contribution in [3.8, 4) is 0 Å². The zero-order chi connectivity index (χ0) is 12.4. The molecular formula is C12H13F4N. The molecule has 1 fully saturated rings. The minimum absolute atomic E-state index is 0.0215. The summed E-state index contributed by atoms with van der Waals surface area (Å²) in [7, 11) is 0. The van der Waals surface area contributed by atoms with Gasteiger partial charge in [-0.15, -0.1) is 0 Å². The fourth-order valence-electron chi connectivity index (χ4n) is 2.15. The van der Waals surface area contributed by atoms with Gasteiger partial charge in [0, 0.05) is 17.7 Å². The number of piperidine rings is 1. The maximum absolute atomic E-state index is 13.4. The second-order valence-electron chi connectivity index (χ2n) is 4.30. The van der Waals surface area contributed by atoms with Crippen LogP contribution in [0.3, 0.4) is 0 Å². The Balaban J connectivity index is 2.24. The molecule has 5 heteroatoms. The third-order valence-electron chi connectivity index (χ3n) is 3.07. The van der Waals surface area contributed by atoms with Crippen LogP contribution in [0.15, 0.2) is 6.07 Å². The monoisotopic (exact) mass is 247 g/mol. The molecule has 0 amide bonds. The van der Waals surface area contributed by atoms with E-state index in [-0.39, 0.29) is 18.5 Å². The van der Waals surface area contributed by atoms with Gasteiger partial charge >= 0.3 is 0 Å². The minimum Gasteiger partial charge on any atom is -0.314 e. The smallest absolute Gasteiger partial charge is 0.165 e. The molecule has 0 bridgehead atoms. The van der Waals surface area contributed by atoms with Gasteiger partial charge in [0.1, 0.15) is 0 Å². The number of hydrogen-bond donors (Lipinski definition) is 1. The molecule has 0 saturated carbocycles. The van der Waals surface area contributed by atoms with Gasteiger partial charge in [-0.2, -0.15) is 0 Å². The van der Waals surface area contributed by atoms with Crippen LogP contribution in [0, 0.1) is 23.3 Å². The summed E-state index contributed by atoms with van der Waals surface area (Å²) in [6, 6.07) is 0.122. The second-order valence-corrected chi connectivity index (χ2v) is 4.30. The Labute approximate surface area is 96.8 Å². The molecule has 0 radical (unpaired) electrons. The molecule has 1 aliphatic rings. The van der Waals surface area contributed by atoms with Gasteiger partial charge in [0.25, 0.3) is 0 Å². The number of nitrogens with one attached hydrogen (secondary N) is 1. The van der Waals surface area contributed by atoms with E-state index in [2.05, 4.69) is 5.32 Å². The molecule has 0 aliphatic carbocycles. The first kappa shape index (κ1) is 12.4. The summed E-state index contributed by atoms with van der Waals surface area (Å²) in [5.74, 6) is -5.24. The third kappa shape index (κ3) is 2.60. The van der Waals surface area contributed by atoms with Crippen molar-refractivity contribution in [1.29, 1.82) is 0 Å². The highest BCUT2D eigenvalue weighted by Crippen LogP contribution is 2.22. The van der Waals surface area contributed by atoms with Crippen molar-refractivity contribution in [1.82, 2.24) is 5.32 Å². The normalized spacial score (nSPS) is 20.6. The van der Waals surface area contributed by atoms with Crippen LogP contribution in [-0.2, 0) is 6.42 Å². The van der Waals surface area contributed by atoms with Crippen LogP contribution in [0.25, 0.3) is 0 Å². The zero-order valence-electron chi connectivity index (χ0n) is 9.20. The standard InChI is InChI=1S/C12H13F4N/c13-9-6-10(14)12(16)8(11(9)15)5-7-3-1-2-4-17-7/h6-7,17H,1-5H2. The maximum Gasteiger partial charge on any atom is 0.165 e. The first-order valence-corrected chi connectivity index (χ1v) is 5.65. The number of benzene rings is 1. The van der Waals surface area contributed by atoms with Crippen LogP contribution < -0.4 is 5.32 Å². The predicted molar refractivity (Wildman–Crippen MR) is 55.6 cm³/mol. The molecule has 1 aromatic carbocycles. The molecule has 2 rings (SSSR count). The SMILES string of the molecule is Fc1cc(F)c(F)c(CC2CCCCN2)c1F. The van der Waals surface area contributed by atoms with Crippen molar-refractivity contribution in [3.63, 3.8) is 0 Å². The highest BCUT2D eigenvalue weighted by molar-refractivity contribution is 5.23. The Morgan fingerprint density at radius 2 is 1.71 bits per heavy atom. The van der Waals surface area contributed by atoms with E-state index >= 15 is 0 Å². The van der Waals surface area contributed by atoms with Crippen LogP contribution in [0.4, 0.5) is 17.6 Å². The predicted octanol–water partition coefficient (Wildman–Crippen LogP) is 2.93. The molecule has 1 heterocycles. The van der Waals surface area contributed by atoms with Gasteiger partial charge < -0.3 is 5.32 Å². The third-order valence-corrected chi connectivity index (χ3v) is 3.07. The quantitative estimate of drug-likeness (QED) is 0.626. The van der Waals surface area contributed by atoms with E-state index in [0.29, 0.717) is 0 Å². The topological polar surface area (TPSA) is 12.0 Å². The average Bonchev–Trinajstić information content (AvgIpc) is 2.33. The van der Waals surface area contributed by atoms with E-state index in [1.165, 1.54) is 0 Å². The summed E-state index contributed by atoms with van der Waals surface area (Å²) in [5.41, 5.74) is -0.498. The van der Waals surface area contributed by atoms with E-state index in [0.717, 1.165) is 25.8 Å². The Morgan fingerprint density at radius 1 is 1.06 bits per heavy atom. The molecule has 1 N–H and O–H groups in total. The van der Waals surface area contributed by atoms with Crippen molar-refractivity contribution in [3.05, 3.63) is 34.9 Å². The summed E-state index contributed by atoms with van der Waals surface area (Å²) >= 11 is 0. The van der Waals surface area contributed by atoms with Crippen LogP contribution in [0.2, 0.25) is 0 Å². The maximum atomic E-state index is 13.4. The molecular weight excluding hydrogens is 234 g/mol. The summed E-state index contributed by atoms with van der Waals surface area (Å²) in [6.45, 7) is 0.770. The molecule has 0 aromatic heterocycles. The van der Waals surface area contributed by atoms with E-state index in [1.54, 1.807) is 0 Å². The van der Waals surface area contributed by atoms with E-state index < -0.39 is 28.8 Å². The largest absolute Gasteiger partial charge is 0.314 e. The summed E-state index contributed by atoms with van der Waals surface area (Å²) in [5, 5.41) is 3.08. The molecule has 1 unspecified atom stereocenters. The van der Waals surface area contributed by atoms with Crippen LogP contribution >= 0.6 is 0 Å². The highest BCUT2D eigenvalue weighted by atomic mass is 19.2. The first-order valence-electron chi connectivity index (χ1n) is 5.65. The van der Waals surface area contributed by atoms with Crippen molar-refractivity contribution in [2.45, 2.75) is 31.7 Å². The summed E-state index contributed by atoms with van der Waals surface area (Å²) in [6.07, 6.45) is 2.71. The molecule has 1 nitrogen and oxygen atoms in total. The van der Waals surface area contributed by atoms with Gasteiger partial charge in [-0.1, -0.05) is 6.42 Å². The van der Waals surface area contributed by atoms with E-state index in [4.69, 9.17) is 0 Å². The highest BCUT2D eigenvalue weighted by Gasteiger charge is 2.22. The lowest BCUT2D eigenvalue weighted by atomic mass is 9.97. The lowest BCUT2D eigenvalue weighted by molar-refractivity contribution is 0.377. The number of rotatable bonds is 2. The molecule has 1 aliphatic heterocycles. The van der Waals surface area contributed by atoms with Gasteiger partial charge in [0.15, 0.2) is 23.3 Å². The van der Waals surface area contributed by atoms with Gasteiger partial charge in [0.05, 0.1) is 0 Å². The molecule has 1 aromatic rings. The average molecular weight is 247 g/mol. The van der Waals surface area contributed by atoms with Crippen molar-refractivity contribution in [2.24, 2.45) is 0 Å². The van der Waals surface area contributed by atoms with Gasteiger partial charge in [-0.3, -0.25) is 0 Å². The molecule has 1 atom stereocenters. The zero-order valence-corrected chi connectivity index (χ0v) is 9.20. The Hall–Kier alpha value is -1.10. The van der Waals surface area contributed by atoms with E-state index in [1.807, 2.05) is 0 Å². The van der Waals surface area contributed by atoms with Gasteiger partial charge in [-0.25, -0.2) is 17.6 Å². The lowest BCUT2D eigenvalue weighted by Gasteiger charge is -2.23. The summed E-state index contributed by atoms with van der Waals surface area (Å²) < 4.78 is 52.7. The fraction of sp³-hybridized carbons (Fsp3) is 0.500. The van der Waals surface area contributed by atoms with Crippen molar-refractivity contribution in [2.75, 3.05) is 6.54 Å².